The lowest BCUT2D eigenvalue weighted by Gasteiger charge is -2.10. The van der Waals surface area contributed by atoms with Crippen LogP contribution in [0.25, 0.3) is 16.8 Å². The van der Waals surface area contributed by atoms with Crippen LogP contribution in [0.2, 0.25) is 0 Å². The summed E-state index contributed by atoms with van der Waals surface area (Å²) in [6.45, 7) is 4.28. The number of hydrogen-bond acceptors (Lipinski definition) is 5. The Kier molecular flexibility index (Phi) is 6.88. The molecule has 0 saturated carbocycles. The Morgan fingerprint density at radius 1 is 0.943 bits per heavy atom. The Hall–Kier alpha value is -4.11. The minimum absolute atomic E-state index is 0.236. The van der Waals surface area contributed by atoms with Gasteiger partial charge < -0.3 is 10.4 Å². The van der Waals surface area contributed by atoms with Gasteiger partial charge in [0.1, 0.15) is 10.6 Å². The number of urea groups is 1. The van der Waals surface area contributed by atoms with E-state index in [1.807, 2.05) is 65.7 Å². The molecule has 0 aliphatic rings. The van der Waals surface area contributed by atoms with Crippen molar-refractivity contribution in [3.05, 3.63) is 95.8 Å². The van der Waals surface area contributed by atoms with Crippen LogP contribution in [0.3, 0.4) is 0 Å². The summed E-state index contributed by atoms with van der Waals surface area (Å²) in [5.41, 5.74) is 6.14. The van der Waals surface area contributed by atoms with Gasteiger partial charge in [0.15, 0.2) is 0 Å². The lowest BCUT2D eigenvalue weighted by Crippen LogP contribution is -2.40. The maximum atomic E-state index is 12.3. The fraction of sp³-hybridized carbons (Fsp3) is 0.154. The highest BCUT2D eigenvalue weighted by molar-refractivity contribution is 7.90. The van der Waals surface area contributed by atoms with Gasteiger partial charge in [-0.15, -0.1) is 0 Å². The monoisotopic (exact) mass is 490 g/mol. The van der Waals surface area contributed by atoms with E-state index in [2.05, 4.69) is 17.4 Å². The molecule has 35 heavy (non-hydrogen) atoms. The Morgan fingerprint density at radius 2 is 1.60 bits per heavy atom. The summed E-state index contributed by atoms with van der Waals surface area (Å²) in [7, 11) is -4.17. The number of para-hydroxylation sites is 1. The maximum absolute atomic E-state index is 12.3. The number of carbonyl (C=O) groups is 1. The zero-order chi connectivity index (χ0) is 25.0. The molecule has 1 aromatic heterocycles. The van der Waals surface area contributed by atoms with Crippen molar-refractivity contribution in [2.24, 2.45) is 0 Å². The van der Waals surface area contributed by atoms with Crippen LogP contribution in [0.5, 0.6) is 5.75 Å². The molecule has 0 atom stereocenters. The second kappa shape index (κ2) is 10.0. The molecule has 4 aromatic rings. The summed E-state index contributed by atoms with van der Waals surface area (Å²) < 4.78 is 28.4. The number of aryl methyl sites for hydroxylation is 1. The Labute approximate surface area is 204 Å². The van der Waals surface area contributed by atoms with Crippen LogP contribution in [0.4, 0.5) is 4.79 Å². The molecule has 4 rings (SSSR count). The first kappa shape index (κ1) is 24.0. The normalized spacial score (nSPS) is 11.3. The van der Waals surface area contributed by atoms with Crippen LogP contribution >= 0.6 is 0 Å². The molecule has 1 heterocycles. The summed E-state index contributed by atoms with van der Waals surface area (Å²) in [5.74, 6) is -0.425. The Morgan fingerprint density at radius 3 is 2.29 bits per heavy atom. The molecule has 0 unspecified atom stereocenters. The van der Waals surface area contributed by atoms with Crippen LogP contribution in [0, 0.1) is 13.8 Å². The molecule has 3 aromatic carbocycles. The molecule has 0 aliphatic carbocycles. The molecule has 0 aliphatic heterocycles. The van der Waals surface area contributed by atoms with E-state index in [9.17, 15) is 18.3 Å². The molecule has 0 saturated heterocycles. The summed E-state index contributed by atoms with van der Waals surface area (Å²) in [6.07, 6.45) is 0.511. The van der Waals surface area contributed by atoms with E-state index in [1.54, 1.807) is 0 Å². The fourth-order valence-corrected chi connectivity index (χ4v) is 4.97. The molecule has 8 nitrogen and oxygen atoms in total. The van der Waals surface area contributed by atoms with E-state index in [4.69, 9.17) is 5.10 Å². The maximum Gasteiger partial charge on any atom is 0.328 e. The van der Waals surface area contributed by atoms with Gasteiger partial charge in [-0.05, 0) is 55.7 Å². The number of carbonyl (C=O) groups excluding carboxylic acids is 1. The number of hydrogen-bond donors (Lipinski definition) is 3. The summed E-state index contributed by atoms with van der Waals surface area (Å²) in [4.78, 5) is 11.7. The van der Waals surface area contributed by atoms with Crippen molar-refractivity contribution >= 4 is 16.1 Å². The van der Waals surface area contributed by atoms with Crippen molar-refractivity contribution in [3.8, 4) is 22.6 Å². The molecule has 0 bridgehead atoms. The Bertz CT molecular complexity index is 1450. The zero-order valence-electron chi connectivity index (χ0n) is 19.4. The summed E-state index contributed by atoms with van der Waals surface area (Å²) >= 11 is 0. The number of phenols is 1. The van der Waals surface area contributed by atoms with Gasteiger partial charge in [-0.3, -0.25) is 0 Å². The first-order valence-electron chi connectivity index (χ1n) is 11.1. The molecular formula is C26H26N4O4S. The van der Waals surface area contributed by atoms with Crippen LogP contribution < -0.4 is 10.0 Å². The van der Waals surface area contributed by atoms with Crippen LogP contribution in [-0.4, -0.2) is 35.9 Å². The third kappa shape index (κ3) is 5.36. The van der Waals surface area contributed by atoms with Gasteiger partial charge in [-0.25, -0.2) is 22.6 Å². The number of phenolic OH excluding ortho intramolecular Hbond substituents is 1. The smallest absolute Gasteiger partial charge is 0.328 e. The van der Waals surface area contributed by atoms with E-state index in [-0.39, 0.29) is 11.4 Å². The number of nitrogens with zero attached hydrogens (tertiary/aromatic N) is 2. The van der Waals surface area contributed by atoms with Crippen molar-refractivity contribution in [3.63, 3.8) is 0 Å². The molecule has 9 heteroatoms. The summed E-state index contributed by atoms with van der Waals surface area (Å²) in [6, 6.07) is 22.5. The van der Waals surface area contributed by atoms with Gasteiger partial charge in [-0.2, -0.15) is 5.10 Å². The molecule has 0 fully saturated rings. The third-order valence-electron chi connectivity index (χ3n) is 5.62. The van der Waals surface area contributed by atoms with Crippen molar-refractivity contribution in [1.29, 1.82) is 0 Å². The molecule has 3 N–H and O–H groups in total. The first-order valence-corrected chi connectivity index (χ1v) is 12.5. The quantitative estimate of drug-likeness (QED) is 0.361. The van der Waals surface area contributed by atoms with Gasteiger partial charge in [0.2, 0.25) is 0 Å². The van der Waals surface area contributed by atoms with E-state index >= 15 is 0 Å². The highest BCUT2D eigenvalue weighted by atomic mass is 32.2. The van der Waals surface area contributed by atoms with Crippen LogP contribution in [-0.2, 0) is 16.4 Å². The number of nitrogens with one attached hydrogen (secondary N) is 2. The minimum Gasteiger partial charge on any atom is -0.507 e. The average Bonchev–Trinajstić information content (AvgIpc) is 3.13. The largest absolute Gasteiger partial charge is 0.507 e. The minimum atomic E-state index is -4.17. The highest BCUT2D eigenvalue weighted by Gasteiger charge is 2.20. The Balaban J connectivity index is 1.37. The van der Waals surface area contributed by atoms with Gasteiger partial charge in [0, 0.05) is 17.8 Å². The van der Waals surface area contributed by atoms with E-state index in [1.165, 1.54) is 24.3 Å². The van der Waals surface area contributed by atoms with E-state index < -0.39 is 21.8 Å². The number of sulfonamides is 1. The van der Waals surface area contributed by atoms with Crippen molar-refractivity contribution < 1.29 is 18.3 Å². The topological polar surface area (TPSA) is 113 Å². The first-order chi connectivity index (χ1) is 16.8. The van der Waals surface area contributed by atoms with E-state index in [0.29, 0.717) is 6.42 Å². The zero-order valence-corrected chi connectivity index (χ0v) is 20.2. The SMILES string of the molecule is Cc1nn(-c2ccc(CCNC(=O)NS(=O)(=O)c3ccccc3O)cc2)c(C)c1-c1ccccc1. The number of aromatic nitrogens is 2. The predicted octanol–water partition coefficient (Wildman–Crippen LogP) is 4.09. The standard InChI is InChI=1S/C26H26N4O4S/c1-18-25(21-8-4-3-5-9-21)19(2)30(28-18)22-14-12-20(13-15-22)16-17-27-26(32)29-35(33,34)24-11-7-6-10-23(24)31/h3-15,31H,16-17H2,1-2H3,(H2,27,29,32). The lowest BCUT2D eigenvalue weighted by molar-refractivity contribution is 0.246. The number of rotatable bonds is 7. The van der Waals surface area contributed by atoms with Gasteiger partial charge in [-0.1, -0.05) is 54.6 Å². The van der Waals surface area contributed by atoms with Crippen molar-refractivity contribution in [2.45, 2.75) is 25.2 Å². The molecule has 180 valence electrons. The van der Waals surface area contributed by atoms with Crippen molar-refractivity contribution in [1.82, 2.24) is 19.8 Å². The average molecular weight is 491 g/mol. The second-order valence-electron chi connectivity index (χ2n) is 8.07. The van der Waals surface area contributed by atoms with Crippen LogP contribution in [0.15, 0.2) is 83.8 Å². The van der Waals surface area contributed by atoms with E-state index in [0.717, 1.165) is 33.8 Å². The second-order valence-corrected chi connectivity index (χ2v) is 9.72. The molecule has 2 amide bonds. The lowest BCUT2D eigenvalue weighted by atomic mass is 10.0. The highest BCUT2D eigenvalue weighted by Crippen LogP contribution is 2.28. The molecule has 0 spiro atoms. The van der Waals surface area contributed by atoms with Crippen LogP contribution in [0.1, 0.15) is 17.0 Å². The third-order valence-corrected chi connectivity index (χ3v) is 6.99. The van der Waals surface area contributed by atoms with Gasteiger partial charge in [0.25, 0.3) is 10.0 Å². The fourth-order valence-electron chi connectivity index (χ4n) is 3.94. The summed E-state index contributed by atoms with van der Waals surface area (Å²) in [5, 5.41) is 17.0. The van der Waals surface area contributed by atoms with Gasteiger partial charge >= 0.3 is 6.03 Å². The number of amides is 2. The van der Waals surface area contributed by atoms with Crippen molar-refractivity contribution in [2.75, 3.05) is 6.54 Å². The molecular weight excluding hydrogens is 464 g/mol. The number of benzene rings is 3. The predicted molar refractivity (Wildman–Crippen MR) is 134 cm³/mol. The van der Waals surface area contributed by atoms with Gasteiger partial charge in [0.05, 0.1) is 11.4 Å². The number of aromatic hydroxyl groups is 1. The molecule has 0 radical (unpaired) electrons.